The first-order valence-corrected chi connectivity index (χ1v) is 8.62. The fourth-order valence-electron chi connectivity index (χ4n) is 2.05. The SMILES string of the molecule is COc1ccc(-c2csc(NC(=O)C3CSCN3)n2)cc1F.Cl. The van der Waals surface area contributed by atoms with Crippen LogP contribution >= 0.6 is 35.5 Å². The smallest absolute Gasteiger partial charge is 0.244 e. The first-order valence-electron chi connectivity index (χ1n) is 6.59. The molecule has 9 heteroatoms. The predicted molar refractivity (Wildman–Crippen MR) is 94.2 cm³/mol. The molecule has 1 amide bonds. The Morgan fingerprint density at radius 1 is 1.52 bits per heavy atom. The van der Waals surface area contributed by atoms with Crippen molar-refractivity contribution in [2.45, 2.75) is 6.04 Å². The summed E-state index contributed by atoms with van der Waals surface area (Å²) in [5.74, 6) is 1.20. The zero-order valence-electron chi connectivity index (χ0n) is 12.2. The molecule has 1 aromatic heterocycles. The number of halogens is 2. The van der Waals surface area contributed by atoms with Gasteiger partial charge in [-0.05, 0) is 18.2 Å². The summed E-state index contributed by atoms with van der Waals surface area (Å²) in [6.45, 7) is 0. The average molecular weight is 376 g/mol. The Labute approximate surface area is 147 Å². The van der Waals surface area contributed by atoms with Crippen molar-refractivity contribution in [3.05, 3.63) is 29.4 Å². The van der Waals surface area contributed by atoms with Crippen LogP contribution in [0.15, 0.2) is 23.6 Å². The number of thiazole rings is 1. The molecule has 5 nitrogen and oxygen atoms in total. The lowest BCUT2D eigenvalue weighted by Gasteiger charge is -2.07. The number of hydrogen-bond acceptors (Lipinski definition) is 6. The van der Waals surface area contributed by atoms with Gasteiger partial charge in [0.05, 0.1) is 18.8 Å². The van der Waals surface area contributed by atoms with Crippen LogP contribution in [0.4, 0.5) is 9.52 Å². The molecule has 3 rings (SSSR count). The van der Waals surface area contributed by atoms with Gasteiger partial charge in [-0.1, -0.05) is 0 Å². The van der Waals surface area contributed by atoms with Crippen molar-refractivity contribution in [3.63, 3.8) is 0 Å². The third-order valence-electron chi connectivity index (χ3n) is 3.21. The number of hydrogen-bond donors (Lipinski definition) is 2. The first-order chi connectivity index (χ1) is 10.7. The standard InChI is InChI=1S/C14H14FN3O2S2.ClH/c1-20-12-3-2-8(4-9(12)15)10-6-22-14(17-10)18-13(19)11-5-21-7-16-11;/h2-4,6,11,16H,5,7H2,1H3,(H,17,18,19);1H. The number of amides is 1. The van der Waals surface area contributed by atoms with Crippen LogP contribution in [0, 0.1) is 5.82 Å². The van der Waals surface area contributed by atoms with E-state index < -0.39 is 5.82 Å². The number of carbonyl (C=O) groups is 1. The molecule has 2 heterocycles. The van der Waals surface area contributed by atoms with Gasteiger partial charge in [-0.3, -0.25) is 10.1 Å². The molecule has 1 fully saturated rings. The minimum absolute atomic E-state index is 0. The van der Waals surface area contributed by atoms with Crippen LogP contribution in [-0.4, -0.2) is 35.7 Å². The largest absolute Gasteiger partial charge is 0.494 e. The molecule has 1 aromatic carbocycles. The van der Waals surface area contributed by atoms with Gasteiger partial charge in [0.2, 0.25) is 5.91 Å². The molecule has 0 saturated carbocycles. The normalized spacial score (nSPS) is 16.7. The molecular weight excluding hydrogens is 361 g/mol. The Morgan fingerprint density at radius 3 is 3.00 bits per heavy atom. The van der Waals surface area contributed by atoms with Gasteiger partial charge in [0.1, 0.15) is 0 Å². The topological polar surface area (TPSA) is 63.2 Å². The second-order valence-electron chi connectivity index (χ2n) is 4.65. The van der Waals surface area contributed by atoms with E-state index in [2.05, 4.69) is 15.6 Å². The number of benzene rings is 1. The highest BCUT2D eigenvalue weighted by Crippen LogP contribution is 2.28. The van der Waals surface area contributed by atoms with Gasteiger partial charge in [-0.15, -0.1) is 35.5 Å². The molecule has 0 spiro atoms. The maximum absolute atomic E-state index is 13.7. The summed E-state index contributed by atoms with van der Waals surface area (Å²) in [6.07, 6.45) is 0. The Balaban J connectivity index is 0.00000192. The number of methoxy groups -OCH3 is 1. The van der Waals surface area contributed by atoms with E-state index in [-0.39, 0.29) is 30.1 Å². The average Bonchev–Trinajstić information content (AvgIpc) is 3.18. The zero-order chi connectivity index (χ0) is 15.5. The van der Waals surface area contributed by atoms with E-state index in [4.69, 9.17) is 4.74 Å². The summed E-state index contributed by atoms with van der Waals surface area (Å²) in [6, 6.07) is 4.48. The summed E-state index contributed by atoms with van der Waals surface area (Å²) in [7, 11) is 1.42. The lowest BCUT2D eigenvalue weighted by molar-refractivity contribution is -0.117. The maximum atomic E-state index is 13.7. The summed E-state index contributed by atoms with van der Waals surface area (Å²) in [5.41, 5.74) is 1.26. The Kier molecular flexibility index (Phi) is 6.23. The van der Waals surface area contributed by atoms with E-state index in [0.717, 1.165) is 11.6 Å². The van der Waals surface area contributed by atoms with Gasteiger partial charge in [0.25, 0.3) is 0 Å². The molecule has 1 atom stereocenters. The monoisotopic (exact) mass is 375 g/mol. The number of rotatable bonds is 4. The third-order valence-corrected chi connectivity index (χ3v) is 4.91. The molecule has 2 N–H and O–H groups in total. The van der Waals surface area contributed by atoms with Crippen LogP contribution in [0.2, 0.25) is 0 Å². The third kappa shape index (κ3) is 4.14. The Bertz CT molecular complexity index is 692. The molecule has 2 aromatic rings. The molecule has 0 radical (unpaired) electrons. The Hall–Kier alpha value is -1.35. The summed E-state index contributed by atoms with van der Waals surface area (Å²) in [4.78, 5) is 16.3. The number of thioether (sulfide) groups is 1. The van der Waals surface area contributed by atoms with E-state index in [0.29, 0.717) is 16.4 Å². The molecule has 124 valence electrons. The fourth-order valence-corrected chi connectivity index (χ4v) is 3.71. The van der Waals surface area contributed by atoms with E-state index in [1.165, 1.54) is 24.5 Å². The van der Waals surface area contributed by atoms with Gasteiger partial charge >= 0.3 is 0 Å². The van der Waals surface area contributed by atoms with Crippen molar-refractivity contribution in [1.29, 1.82) is 0 Å². The minimum Gasteiger partial charge on any atom is -0.494 e. The second-order valence-corrected chi connectivity index (χ2v) is 6.54. The molecule has 0 aliphatic carbocycles. The van der Waals surface area contributed by atoms with E-state index in [9.17, 15) is 9.18 Å². The molecule has 0 bridgehead atoms. The Morgan fingerprint density at radius 2 is 2.35 bits per heavy atom. The maximum Gasteiger partial charge on any atom is 0.244 e. The van der Waals surface area contributed by atoms with Crippen LogP contribution in [-0.2, 0) is 4.79 Å². The van der Waals surface area contributed by atoms with Crippen molar-refractivity contribution in [3.8, 4) is 17.0 Å². The molecule has 23 heavy (non-hydrogen) atoms. The summed E-state index contributed by atoms with van der Waals surface area (Å²) in [5, 5.41) is 8.18. The van der Waals surface area contributed by atoms with Crippen molar-refractivity contribution in [2.75, 3.05) is 24.1 Å². The summed E-state index contributed by atoms with van der Waals surface area (Å²) < 4.78 is 18.6. The highest BCUT2D eigenvalue weighted by atomic mass is 35.5. The van der Waals surface area contributed by atoms with E-state index in [1.54, 1.807) is 29.3 Å². The van der Waals surface area contributed by atoms with E-state index in [1.807, 2.05) is 0 Å². The molecular formula is C14H15ClFN3O2S2. The van der Waals surface area contributed by atoms with Gasteiger partial charge < -0.3 is 10.1 Å². The number of aromatic nitrogens is 1. The van der Waals surface area contributed by atoms with Crippen molar-refractivity contribution in [1.82, 2.24) is 10.3 Å². The molecule has 1 unspecified atom stereocenters. The fraction of sp³-hybridized carbons (Fsp3) is 0.286. The number of anilines is 1. The van der Waals surface area contributed by atoms with Gasteiger partial charge in [-0.25, -0.2) is 9.37 Å². The van der Waals surface area contributed by atoms with Crippen LogP contribution in [0.25, 0.3) is 11.3 Å². The highest BCUT2D eigenvalue weighted by Gasteiger charge is 2.23. The van der Waals surface area contributed by atoms with Crippen LogP contribution in [0.5, 0.6) is 5.75 Å². The van der Waals surface area contributed by atoms with Crippen molar-refractivity contribution in [2.24, 2.45) is 0 Å². The van der Waals surface area contributed by atoms with Crippen molar-refractivity contribution >= 4 is 46.5 Å². The van der Waals surface area contributed by atoms with Crippen LogP contribution < -0.4 is 15.4 Å². The first kappa shape index (κ1) is 18.0. The van der Waals surface area contributed by atoms with Gasteiger partial charge in [0, 0.05) is 22.6 Å². The van der Waals surface area contributed by atoms with Gasteiger partial charge in [-0.2, -0.15) is 0 Å². The lowest BCUT2D eigenvalue weighted by Crippen LogP contribution is -2.37. The minimum atomic E-state index is -0.439. The molecule has 1 saturated heterocycles. The number of nitrogens with one attached hydrogen (secondary N) is 2. The number of nitrogens with zero attached hydrogens (tertiary/aromatic N) is 1. The van der Waals surface area contributed by atoms with Crippen molar-refractivity contribution < 1.29 is 13.9 Å². The quantitative estimate of drug-likeness (QED) is 0.860. The van der Waals surface area contributed by atoms with Crippen LogP contribution in [0.1, 0.15) is 0 Å². The highest BCUT2D eigenvalue weighted by molar-refractivity contribution is 7.99. The number of carbonyl (C=O) groups excluding carboxylic acids is 1. The molecule has 1 aliphatic rings. The van der Waals surface area contributed by atoms with Crippen LogP contribution in [0.3, 0.4) is 0 Å². The van der Waals surface area contributed by atoms with Gasteiger partial charge in [0.15, 0.2) is 16.7 Å². The molecule has 1 aliphatic heterocycles. The van der Waals surface area contributed by atoms with E-state index >= 15 is 0 Å². The predicted octanol–water partition coefficient (Wildman–Crippen LogP) is 2.98. The summed E-state index contributed by atoms with van der Waals surface area (Å²) >= 11 is 3.00. The lowest BCUT2D eigenvalue weighted by atomic mass is 10.1. The second kappa shape index (κ2) is 7.96. The number of ether oxygens (including phenoxy) is 1. The zero-order valence-corrected chi connectivity index (χ0v) is 14.6.